The van der Waals surface area contributed by atoms with E-state index in [1.54, 1.807) is 6.33 Å². The maximum Gasteiger partial charge on any atom is 0.144 e. The van der Waals surface area contributed by atoms with Crippen LogP contribution in [-0.2, 0) is 12.8 Å². The van der Waals surface area contributed by atoms with Gasteiger partial charge in [0.2, 0.25) is 0 Å². The molecule has 5 heteroatoms. The lowest BCUT2D eigenvalue weighted by Gasteiger charge is -2.15. The Hall–Kier alpha value is -1.55. The first-order chi connectivity index (χ1) is 8.66. The molecule has 94 valence electrons. The minimum atomic E-state index is -0.459. The van der Waals surface area contributed by atoms with Crippen LogP contribution in [-0.4, -0.2) is 9.55 Å². The molecule has 2 aromatic rings. The minimum Gasteiger partial charge on any atom is -0.397 e. The first-order valence-electron chi connectivity index (χ1n) is 5.97. The SMILES string of the molecule is Nc1cc(Cl)c(F)cc1-n1cnc2c1CCCC2. The third-order valence-electron chi connectivity index (χ3n) is 3.36. The molecule has 0 fully saturated rings. The van der Waals surface area contributed by atoms with Gasteiger partial charge in [-0.3, -0.25) is 0 Å². The number of aromatic nitrogens is 2. The van der Waals surface area contributed by atoms with Crippen molar-refractivity contribution < 1.29 is 4.39 Å². The highest BCUT2D eigenvalue weighted by molar-refractivity contribution is 6.31. The van der Waals surface area contributed by atoms with Crippen molar-refractivity contribution in [3.63, 3.8) is 0 Å². The molecule has 0 radical (unpaired) electrons. The van der Waals surface area contributed by atoms with Gasteiger partial charge in [0.15, 0.2) is 0 Å². The largest absolute Gasteiger partial charge is 0.397 e. The highest BCUT2D eigenvalue weighted by Crippen LogP contribution is 2.29. The molecule has 1 aromatic carbocycles. The Balaban J connectivity index is 2.15. The van der Waals surface area contributed by atoms with E-state index in [0.717, 1.165) is 37.1 Å². The third kappa shape index (κ3) is 1.77. The van der Waals surface area contributed by atoms with Gasteiger partial charge in [0, 0.05) is 11.8 Å². The fraction of sp³-hybridized carbons (Fsp3) is 0.308. The molecule has 1 aliphatic carbocycles. The van der Waals surface area contributed by atoms with Crippen LogP contribution >= 0.6 is 11.6 Å². The summed E-state index contributed by atoms with van der Waals surface area (Å²) < 4.78 is 15.4. The van der Waals surface area contributed by atoms with Gasteiger partial charge < -0.3 is 10.3 Å². The molecule has 0 saturated heterocycles. The molecule has 0 atom stereocenters. The molecule has 0 spiro atoms. The van der Waals surface area contributed by atoms with Crippen molar-refractivity contribution >= 4 is 17.3 Å². The second-order valence-corrected chi connectivity index (χ2v) is 4.95. The van der Waals surface area contributed by atoms with Crippen molar-refractivity contribution in [2.45, 2.75) is 25.7 Å². The number of hydrogen-bond acceptors (Lipinski definition) is 2. The Kier molecular flexibility index (Phi) is 2.74. The van der Waals surface area contributed by atoms with Gasteiger partial charge in [-0.2, -0.15) is 0 Å². The van der Waals surface area contributed by atoms with Gasteiger partial charge in [-0.1, -0.05) is 11.6 Å². The zero-order valence-corrected chi connectivity index (χ0v) is 10.5. The van der Waals surface area contributed by atoms with E-state index in [4.69, 9.17) is 17.3 Å². The summed E-state index contributed by atoms with van der Waals surface area (Å²) in [6, 6.07) is 2.82. The third-order valence-corrected chi connectivity index (χ3v) is 3.65. The van der Waals surface area contributed by atoms with Crippen LogP contribution in [0.3, 0.4) is 0 Å². The van der Waals surface area contributed by atoms with Gasteiger partial charge in [-0.25, -0.2) is 9.37 Å². The van der Waals surface area contributed by atoms with E-state index in [0.29, 0.717) is 11.4 Å². The van der Waals surface area contributed by atoms with E-state index in [-0.39, 0.29) is 5.02 Å². The predicted molar refractivity (Wildman–Crippen MR) is 69.6 cm³/mol. The molecule has 0 amide bonds. The first kappa shape index (κ1) is 11.5. The summed E-state index contributed by atoms with van der Waals surface area (Å²) in [6.07, 6.45) is 5.95. The summed E-state index contributed by atoms with van der Waals surface area (Å²) in [5.41, 5.74) is 9.23. The van der Waals surface area contributed by atoms with Crippen LogP contribution in [0.25, 0.3) is 5.69 Å². The van der Waals surface area contributed by atoms with Crippen molar-refractivity contribution in [3.05, 3.63) is 40.7 Å². The predicted octanol–water partition coefficient (Wildman–Crippen LogP) is 3.13. The summed E-state index contributed by atoms with van der Waals surface area (Å²) in [5.74, 6) is -0.459. The zero-order valence-electron chi connectivity index (χ0n) is 9.79. The highest BCUT2D eigenvalue weighted by atomic mass is 35.5. The van der Waals surface area contributed by atoms with Crippen LogP contribution in [0.4, 0.5) is 10.1 Å². The zero-order chi connectivity index (χ0) is 12.7. The molecule has 1 aliphatic rings. The van der Waals surface area contributed by atoms with E-state index in [9.17, 15) is 4.39 Å². The number of benzene rings is 1. The Labute approximate surface area is 109 Å². The fourth-order valence-electron chi connectivity index (χ4n) is 2.44. The van der Waals surface area contributed by atoms with Crippen LogP contribution in [0.1, 0.15) is 24.2 Å². The van der Waals surface area contributed by atoms with Crippen LogP contribution in [0.2, 0.25) is 5.02 Å². The van der Waals surface area contributed by atoms with Crippen molar-refractivity contribution in [2.75, 3.05) is 5.73 Å². The van der Waals surface area contributed by atoms with E-state index < -0.39 is 5.82 Å². The van der Waals surface area contributed by atoms with E-state index in [1.807, 2.05) is 4.57 Å². The number of nitrogens with two attached hydrogens (primary N) is 1. The number of nitrogen functional groups attached to an aromatic ring is 1. The molecule has 3 rings (SSSR count). The second kappa shape index (κ2) is 4.28. The summed E-state index contributed by atoms with van der Waals surface area (Å²) in [7, 11) is 0. The lowest BCUT2D eigenvalue weighted by Crippen LogP contribution is -2.08. The molecular formula is C13H13ClFN3. The summed E-state index contributed by atoms with van der Waals surface area (Å²) >= 11 is 5.71. The van der Waals surface area contributed by atoms with Crippen LogP contribution < -0.4 is 5.73 Å². The molecule has 0 saturated carbocycles. The lowest BCUT2D eigenvalue weighted by atomic mass is 10.0. The van der Waals surface area contributed by atoms with E-state index in [2.05, 4.69) is 4.98 Å². The number of anilines is 1. The van der Waals surface area contributed by atoms with Gasteiger partial charge in [-0.15, -0.1) is 0 Å². The number of halogens is 2. The molecule has 0 unspecified atom stereocenters. The average Bonchev–Trinajstić information content (AvgIpc) is 2.78. The number of fused-ring (bicyclic) bond motifs is 1. The molecule has 1 aromatic heterocycles. The number of rotatable bonds is 1. The lowest BCUT2D eigenvalue weighted by molar-refractivity contribution is 0.625. The van der Waals surface area contributed by atoms with Gasteiger partial charge in [0.1, 0.15) is 5.82 Å². The monoisotopic (exact) mass is 265 g/mol. The Morgan fingerprint density at radius 2 is 2.06 bits per heavy atom. The number of hydrogen-bond donors (Lipinski definition) is 1. The molecule has 3 nitrogen and oxygen atoms in total. The number of imidazole rings is 1. The standard InChI is InChI=1S/C13H13ClFN3/c14-8-5-10(16)13(6-9(8)15)18-7-17-11-3-1-2-4-12(11)18/h5-7H,1-4,16H2. The van der Waals surface area contributed by atoms with Crippen molar-refractivity contribution in [3.8, 4) is 5.69 Å². The maximum atomic E-state index is 13.6. The van der Waals surface area contributed by atoms with Gasteiger partial charge in [-0.05, 0) is 31.7 Å². The Morgan fingerprint density at radius 1 is 1.28 bits per heavy atom. The summed E-state index contributed by atoms with van der Waals surface area (Å²) in [4.78, 5) is 4.38. The quantitative estimate of drug-likeness (QED) is 0.805. The van der Waals surface area contributed by atoms with Gasteiger partial charge >= 0.3 is 0 Å². The van der Waals surface area contributed by atoms with Crippen LogP contribution in [0, 0.1) is 5.82 Å². The molecule has 2 N–H and O–H groups in total. The van der Waals surface area contributed by atoms with Crippen molar-refractivity contribution in [1.82, 2.24) is 9.55 Å². The van der Waals surface area contributed by atoms with E-state index in [1.165, 1.54) is 12.1 Å². The summed E-state index contributed by atoms with van der Waals surface area (Å²) in [5, 5.41) is 0.0465. The molecular weight excluding hydrogens is 253 g/mol. The number of aryl methyl sites for hydroxylation is 1. The molecule has 18 heavy (non-hydrogen) atoms. The average molecular weight is 266 g/mol. The fourth-order valence-corrected chi connectivity index (χ4v) is 2.61. The van der Waals surface area contributed by atoms with Gasteiger partial charge in [0.05, 0.1) is 28.4 Å². The topological polar surface area (TPSA) is 43.8 Å². The van der Waals surface area contributed by atoms with E-state index >= 15 is 0 Å². The number of nitrogens with zero attached hydrogens (tertiary/aromatic N) is 2. The Bertz CT molecular complexity index is 607. The first-order valence-corrected chi connectivity index (χ1v) is 6.34. The normalized spacial score (nSPS) is 14.6. The van der Waals surface area contributed by atoms with Crippen LogP contribution in [0.15, 0.2) is 18.5 Å². The summed E-state index contributed by atoms with van der Waals surface area (Å²) in [6.45, 7) is 0. The molecule has 1 heterocycles. The molecule has 0 aliphatic heterocycles. The second-order valence-electron chi connectivity index (χ2n) is 4.54. The smallest absolute Gasteiger partial charge is 0.144 e. The Morgan fingerprint density at radius 3 is 2.89 bits per heavy atom. The molecule has 0 bridgehead atoms. The van der Waals surface area contributed by atoms with Gasteiger partial charge in [0.25, 0.3) is 0 Å². The maximum absolute atomic E-state index is 13.6. The minimum absolute atomic E-state index is 0.0465. The highest BCUT2D eigenvalue weighted by Gasteiger charge is 2.18. The van der Waals surface area contributed by atoms with Crippen molar-refractivity contribution in [1.29, 1.82) is 0 Å². The van der Waals surface area contributed by atoms with Crippen LogP contribution in [0.5, 0.6) is 0 Å². The van der Waals surface area contributed by atoms with Crippen molar-refractivity contribution in [2.24, 2.45) is 0 Å².